The number of amides is 1. The molecule has 3 aliphatic rings. The Labute approximate surface area is 153 Å². The summed E-state index contributed by atoms with van der Waals surface area (Å²) in [5, 5.41) is 0. The molecule has 0 aromatic heterocycles. The van der Waals surface area contributed by atoms with Gasteiger partial charge in [-0.3, -0.25) is 14.5 Å². The average Bonchev–Trinajstić information content (AvgIpc) is 2.50. The van der Waals surface area contributed by atoms with Gasteiger partial charge in [0, 0.05) is 50.5 Å². The van der Waals surface area contributed by atoms with Crippen molar-refractivity contribution in [1.82, 2.24) is 9.80 Å². The third-order valence-electron chi connectivity index (χ3n) is 6.79. The number of Topliss-reactive ketones (excluding diaryl/α,β-unsaturated/α-hetero) is 1. The lowest BCUT2D eigenvalue weighted by atomic mass is 9.48. The van der Waals surface area contributed by atoms with Crippen molar-refractivity contribution in [1.29, 1.82) is 0 Å². The third-order valence-corrected chi connectivity index (χ3v) is 6.79. The largest absolute Gasteiger partial charge is 0.340 e. The first-order valence-electron chi connectivity index (χ1n) is 10.4. The van der Waals surface area contributed by atoms with Crippen LogP contribution in [0.25, 0.3) is 0 Å². The molecule has 0 N–H and O–H groups in total. The number of hydrogen-bond donors (Lipinski definition) is 0. The summed E-state index contributed by atoms with van der Waals surface area (Å²) >= 11 is 0. The molecule has 0 aromatic carbocycles. The molecule has 1 saturated heterocycles. The Morgan fingerprint density at radius 3 is 2.08 bits per heavy atom. The maximum atomic E-state index is 12.3. The predicted molar refractivity (Wildman–Crippen MR) is 100 cm³/mol. The van der Waals surface area contributed by atoms with E-state index in [9.17, 15) is 9.59 Å². The monoisotopic (exact) mass is 348 g/mol. The summed E-state index contributed by atoms with van der Waals surface area (Å²) in [4.78, 5) is 29.0. The molecule has 0 bridgehead atoms. The molecular formula is C21H36N2O2. The smallest absolute Gasteiger partial charge is 0.222 e. The zero-order valence-electron chi connectivity index (χ0n) is 16.6. The van der Waals surface area contributed by atoms with E-state index in [4.69, 9.17) is 0 Å². The predicted octanol–water partition coefficient (Wildman–Crippen LogP) is 3.35. The summed E-state index contributed by atoms with van der Waals surface area (Å²) in [6.45, 7) is 12.3. The standard InChI is InChI=1S/C21H36N2O2/c1-15(2)5-6-19(24)23-9-7-22(8-10-23)18-13-21(14-18)11-17(12-21)20(25)16(3)4/h15-18H,5-14H2,1-4H3/t17-,18-,21?. The molecule has 0 aromatic rings. The van der Waals surface area contributed by atoms with E-state index in [1.54, 1.807) is 0 Å². The molecule has 3 rings (SSSR count). The minimum atomic E-state index is 0.194. The van der Waals surface area contributed by atoms with Crippen LogP contribution in [0.4, 0.5) is 0 Å². The van der Waals surface area contributed by atoms with Crippen molar-refractivity contribution in [2.24, 2.45) is 23.2 Å². The molecule has 1 heterocycles. The van der Waals surface area contributed by atoms with Gasteiger partial charge in [0.15, 0.2) is 0 Å². The fourth-order valence-corrected chi connectivity index (χ4v) is 5.10. The first kappa shape index (κ1) is 18.9. The summed E-state index contributed by atoms with van der Waals surface area (Å²) in [5.41, 5.74) is 0.490. The van der Waals surface area contributed by atoms with E-state index in [-0.39, 0.29) is 5.92 Å². The number of rotatable bonds is 6. The maximum absolute atomic E-state index is 12.3. The van der Waals surface area contributed by atoms with Gasteiger partial charge in [0.1, 0.15) is 5.78 Å². The summed E-state index contributed by atoms with van der Waals surface area (Å²) in [6.07, 6.45) is 6.52. The van der Waals surface area contributed by atoms with E-state index in [0.29, 0.717) is 41.4 Å². The van der Waals surface area contributed by atoms with Crippen molar-refractivity contribution >= 4 is 11.7 Å². The Balaban J connectivity index is 1.36. The summed E-state index contributed by atoms with van der Waals surface area (Å²) < 4.78 is 0. The van der Waals surface area contributed by atoms with Gasteiger partial charge < -0.3 is 4.90 Å². The quantitative estimate of drug-likeness (QED) is 0.739. The van der Waals surface area contributed by atoms with Crippen LogP contribution in [0.1, 0.15) is 66.2 Å². The summed E-state index contributed by atoms with van der Waals surface area (Å²) in [6, 6.07) is 0.697. The van der Waals surface area contributed by atoms with Gasteiger partial charge in [-0.15, -0.1) is 0 Å². The highest BCUT2D eigenvalue weighted by atomic mass is 16.2. The highest BCUT2D eigenvalue weighted by molar-refractivity contribution is 5.83. The van der Waals surface area contributed by atoms with E-state index < -0.39 is 0 Å². The van der Waals surface area contributed by atoms with Crippen LogP contribution in [0, 0.1) is 23.2 Å². The third kappa shape index (κ3) is 4.10. The van der Waals surface area contributed by atoms with Gasteiger partial charge in [-0.05, 0) is 43.4 Å². The molecule has 25 heavy (non-hydrogen) atoms. The fraction of sp³-hybridized carbons (Fsp3) is 0.905. The van der Waals surface area contributed by atoms with Crippen LogP contribution in [0.3, 0.4) is 0 Å². The van der Waals surface area contributed by atoms with Crippen molar-refractivity contribution in [2.75, 3.05) is 26.2 Å². The molecule has 1 amide bonds. The van der Waals surface area contributed by atoms with Gasteiger partial charge in [0.2, 0.25) is 5.91 Å². The molecule has 142 valence electrons. The maximum Gasteiger partial charge on any atom is 0.222 e. The minimum absolute atomic E-state index is 0.194. The second-order valence-corrected chi connectivity index (χ2v) is 9.57. The molecule has 0 radical (unpaired) electrons. The minimum Gasteiger partial charge on any atom is -0.340 e. The molecule has 0 unspecified atom stereocenters. The Bertz CT molecular complexity index is 492. The van der Waals surface area contributed by atoms with Gasteiger partial charge in [0.05, 0.1) is 0 Å². The second kappa shape index (κ2) is 7.38. The first-order chi connectivity index (χ1) is 11.8. The van der Waals surface area contributed by atoms with E-state index in [2.05, 4.69) is 23.6 Å². The van der Waals surface area contributed by atoms with Crippen LogP contribution in [-0.4, -0.2) is 53.7 Å². The number of hydrogen-bond acceptors (Lipinski definition) is 3. The van der Waals surface area contributed by atoms with Crippen molar-refractivity contribution in [3.05, 3.63) is 0 Å². The van der Waals surface area contributed by atoms with Crippen LogP contribution in [0.2, 0.25) is 0 Å². The first-order valence-corrected chi connectivity index (χ1v) is 10.4. The van der Waals surface area contributed by atoms with Gasteiger partial charge in [-0.1, -0.05) is 27.7 Å². The Morgan fingerprint density at radius 2 is 1.56 bits per heavy atom. The van der Waals surface area contributed by atoms with Gasteiger partial charge in [-0.2, -0.15) is 0 Å². The average molecular weight is 349 g/mol. The molecular weight excluding hydrogens is 312 g/mol. The van der Waals surface area contributed by atoms with E-state index >= 15 is 0 Å². The number of carbonyl (C=O) groups is 2. The number of ketones is 1. The van der Waals surface area contributed by atoms with Gasteiger partial charge in [-0.25, -0.2) is 0 Å². The zero-order chi connectivity index (χ0) is 18.2. The molecule has 3 fully saturated rings. The molecule has 4 heteroatoms. The van der Waals surface area contributed by atoms with Gasteiger partial charge in [0.25, 0.3) is 0 Å². The highest BCUT2D eigenvalue weighted by Gasteiger charge is 2.55. The van der Waals surface area contributed by atoms with E-state index in [1.807, 2.05) is 13.8 Å². The van der Waals surface area contributed by atoms with Crippen molar-refractivity contribution in [2.45, 2.75) is 72.3 Å². The molecule has 1 spiro atoms. The highest BCUT2D eigenvalue weighted by Crippen LogP contribution is 2.60. The molecule has 0 atom stereocenters. The fourth-order valence-electron chi connectivity index (χ4n) is 5.10. The van der Waals surface area contributed by atoms with E-state index in [1.165, 1.54) is 12.8 Å². The van der Waals surface area contributed by atoms with Gasteiger partial charge >= 0.3 is 0 Å². The number of nitrogens with zero attached hydrogens (tertiary/aromatic N) is 2. The van der Waals surface area contributed by atoms with Crippen molar-refractivity contribution in [3.8, 4) is 0 Å². The normalized spacial score (nSPS) is 32.8. The van der Waals surface area contributed by atoms with Crippen LogP contribution in [0.15, 0.2) is 0 Å². The second-order valence-electron chi connectivity index (χ2n) is 9.57. The lowest BCUT2D eigenvalue weighted by molar-refractivity contribution is -0.146. The Hall–Kier alpha value is -0.900. The lowest BCUT2D eigenvalue weighted by Crippen LogP contribution is -2.61. The zero-order valence-corrected chi connectivity index (χ0v) is 16.6. The Kier molecular flexibility index (Phi) is 5.57. The number of carbonyl (C=O) groups excluding carboxylic acids is 2. The van der Waals surface area contributed by atoms with Crippen LogP contribution < -0.4 is 0 Å². The Morgan fingerprint density at radius 1 is 0.960 bits per heavy atom. The van der Waals surface area contributed by atoms with Crippen LogP contribution >= 0.6 is 0 Å². The number of piperazine rings is 1. The molecule has 1 aliphatic heterocycles. The summed E-state index contributed by atoms with van der Waals surface area (Å²) in [7, 11) is 0. The molecule has 2 aliphatic carbocycles. The topological polar surface area (TPSA) is 40.6 Å². The van der Waals surface area contributed by atoms with Crippen molar-refractivity contribution in [3.63, 3.8) is 0 Å². The lowest BCUT2D eigenvalue weighted by Gasteiger charge is -2.60. The van der Waals surface area contributed by atoms with Crippen LogP contribution in [0.5, 0.6) is 0 Å². The SMILES string of the molecule is CC(C)CCC(=O)N1CCN([C@H]2CC3(C[C@H](C(=O)C(C)C)C3)C2)CC1. The molecule has 2 saturated carbocycles. The van der Waals surface area contributed by atoms with Crippen molar-refractivity contribution < 1.29 is 9.59 Å². The van der Waals surface area contributed by atoms with Crippen LogP contribution in [-0.2, 0) is 9.59 Å². The summed E-state index contributed by atoms with van der Waals surface area (Å²) in [5.74, 6) is 1.95. The molecule has 4 nitrogen and oxygen atoms in total. The van der Waals surface area contributed by atoms with E-state index in [0.717, 1.165) is 45.4 Å².